The Morgan fingerprint density at radius 1 is 0.702 bits per heavy atom. The van der Waals surface area contributed by atoms with E-state index in [1.54, 1.807) is 19.3 Å². The van der Waals surface area contributed by atoms with Crippen molar-refractivity contribution in [3.63, 3.8) is 0 Å². The van der Waals surface area contributed by atoms with Gasteiger partial charge in [-0.1, -0.05) is 71.4 Å². The van der Waals surface area contributed by atoms with Gasteiger partial charge in [0.15, 0.2) is 5.78 Å². The van der Waals surface area contributed by atoms with Gasteiger partial charge in [0.1, 0.15) is 11.6 Å². The van der Waals surface area contributed by atoms with Crippen molar-refractivity contribution in [2.24, 2.45) is 5.73 Å². The van der Waals surface area contributed by atoms with E-state index in [1.165, 1.54) is 36.4 Å². The van der Waals surface area contributed by atoms with Crippen LogP contribution in [0.4, 0.5) is 0 Å². The quantitative estimate of drug-likeness (QED) is 0.129. The molecule has 0 unspecified atom stereocenters. The Morgan fingerprint density at radius 2 is 1.13 bits per heavy atom. The number of hydrogen-bond acceptors (Lipinski definition) is 8. The van der Waals surface area contributed by atoms with Gasteiger partial charge in [-0.2, -0.15) is 0 Å². The van der Waals surface area contributed by atoms with E-state index in [9.17, 15) is 9.59 Å². The van der Waals surface area contributed by atoms with Crippen LogP contribution in [0.1, 0.15) is 88.9 Å². The second kappa shape index (κ2) is 15.4. The fourth-order valence-corrected chi connectivity index (χ4v) is 6.67. The molecule has 246 valence electrons. The van der Waals surface area contributed by atoms with Crippen molar-refractivity contribution in [3.8, 4) is 0 Å². The predicted octanol–water partition coefficient (Wildman–Crippen LogP) is 8.21. The number of esters is 1. The number of rotatable bonds is 10. The summed E-state index contributed by atoms with van der Waals surface area (Å²) in [7, 11) is 0. The molecule has 0 amide bonds. The lowest BCUT2D eigenvalue weighted by molar-refractivity contribution is 0.0525. The van der Waals surface area contributed by atoms with E-state index in [1.807, 2.05) is 36.4 Å². The van der Waals surface area contributed by atoms with E-state index in [0.717, 1.165) is 37.9 Å². The van der Waals surface area contributed by atoms with Gasteiger partial charge in [-0.25, -0.2) is 24.7 Å². The zero-order chi connectivity index (χ0) is 33.6. The summed E-state index contributed by atoms with van der Waals surface area (Å²) in [6.45, 7) is 2.07. The van der Waals surface area contributed by atoms with Crippen molar-refractivity contribution < 1.29 is 14.3 Å². The summed E-state index contributed by atoms with van der Waals surface area (Å²) < 4.78 is 4.95. The normalized spacial score (nSPS) is 15.8. The van der Waals surface area contributed by atoms with E-state index in [4.69, 9.17) is 56.9 Å². The second-order valence-corrected chi connectivity index (χ2v) is 13.6. The summed E-state index contributed by atoms with van der Waals surface area (Å²) in [4.78, 5) is 40.6. The molecule has 2 aromatic heterocycles. The Labute approximate surface area is 294 Å². The number of aromatic nitrogens is 4. The molecule has 4 aromatic rings. The van der Waals surface area contributed by atoms with Crippen molar-refractivity contribution in [1.82, 2.24) is 19.9 Å². The lowest BCUT2D eigenvalue weighted by Gasteiger charge is -2.42. The molecule has 2 saturated carbocycles. The van der Waals surface area contributed by atoms with Crippen LogP contribution < -0.4 is 5.73 Å². The number of carbonyl (C=O) groups is 2. The molecule has 8 nitrogen and oxygen atoms in total. The first kappa shape index (κ1) is 35.2. The summed E-state index contributed by atoms with van der Waals surface area (Å²) in [5.41, 5.74) is 8.52. The van der Waals surface area contributed by atoms with Crippen molar-refractivity contribution in [2.45, 2.75) is 69.1 Å². The molecule has 0 saturated heterocycles. The molecule has 2 fully saturated rings. The minimum atomic E-state index is -0.396. The topological polar surface area (TPSA) is 121 Å². The summed E-state index contributed by atoms with van der Waals surface area (Å²) in [5.74, 6) is 0.893. The number of Topliss-reactive ketones (excluding diaryl/α,β-unsaturated/α-hetero) is 1. The molecule has 47 heavy (non-hydrogen) atoms. The highest BCUT2D eigenvalue weighted by Crippen LogP contribution is 2.48. The number of halogens is 4. The maximum atomic E-state index is 11.7. The van der Waals surface area contributed by atoms with Crippen LogP contribution in [0, 0.1) is 0 Å². The van der Waals surface area contributed by atoms with Gasteiger partial charge in [0, 0.05) is 48.5 Å². The Kier molecular flexibility index (Phi) is 11.5. The van der Waals surface area contributed by atoms with Crippen molar-refractivity contribution in [2.75, 3.05) is 13.2 Å². The first-order valence-electron chi connectivity index (χ1n) is 15.5. The largest absolute Gasteiger partial charge is 0.462 e. The smallest absolute Gasteiger partial charge is 0.341 e. The first-order valence-corrected chi connectivity index (χ1v) is 17.0. The molecule has 0 aliphatic heterocycles. The van der Waals surface area contributed by atoms with E-state index in [0.29, 0.717) is 50.1 Å². The average Bonchev–Trinajstić information content (AvgIpc) is 3.04. The van der Waals surface area contributed by atoms with Gasteiger partial charge >= 0.3 is 5.97 Å². The summed E-state index contributed by atoms with van der Waals surface area (Å²) in [5, 5.41) is 2.26. The number of hydrogen-bond donors (Lipinski definition) is 1. The van der Waals surface area contributed by atoms with E-state index < -0.39 is 5.97 Å². The Morgan fingerprint density at radius 3 is 1.47 bits per heavy atom. The maximum absolute atomic E-state index is 11.7. The number of nitrogens with zero attached hydrogens (tertiary/aromatic N) is 4. The molecule has 2 heterocycles. The zero-order valence-corrected chi connectivity index (χ0v) is 29.0. The van der Waals surface area contributed by atoms with Crippen molar-refractivity contribution in [3.05, 3.63) is 115 Å². The number of ketones is 1. The molecule has 0 bridgehead atoms. The standard InChI is InChI=1S/C18H18Cl2N2O2.C17H17Cl2N3O/c1-2-24-17(23)12-10-21-16(22-11-12)9-18(6-3-7-18)13-4-5-14(19)15(20)8-13;18-13-3-2-12(6-14(13)19)17(4-1-5-17)7-16-21-9-11(10-22-16)15(23)8-20/h4-5,8,10-11H,2-3,6-7,9H2,1H3;2-3,6,9-10H,1,4-5,7-8,20H2. The molecule has 2 aromatic carbocycles. The SMILES string of the molecule is CCOC(=O)c1cnc(CC2(c3ccc(Cl)c(Cl)c3)CCC2)nc1.NCC(=O)c1cnc(CC2(c3ccc(Cl)c(Cl)c3)CCC2)nc1. The molecule has 12 heteroatoms. The second-order valence-electron chi connectivity index (χ2n) is 12.0. The fraction of sp³-hybridized carbons (Fsp3) is 0.371. The van der Waals surface area contributed by atoms with Gasteiger partial charge in [-0.05, 0) is 68.0 Å². The highest BCUT2D eigenvalue weighted by Gasteiger charge is 2.41. The molecule has 0 atom stereocenters. The van der Waals surface area contributed by atoms with E-state index in [2.05, 4.69) is 19.9 Å². The number of nitrogens with two attached hydrogens (primary N) is 1. The molecule has 2 aliphatic carbocycles. The Balaban J connectivity index is 0.000000185. The first-order chi connectivity index (χ1) is 22.6. The molecule has 0 radical (unpaired) electrons. The number of benzene rings is 2. The van der Waals surface area contributed by atoms with Gasteiger partial charge < -0.3 is 10.5 Å². The fourth-order valence-electron chi connectivity index (χ4n) is 6.07. The lowest BCUT2D eigenvalue weighted by Crippen LogP contribution is -2.37. The maximum Gasteiger partial charge on any atom is 0.341 e. The van der Waals surface area contributed by atoms with Crippen LogP contribution in [-0.4, -0.2) is 44.8 Å². The van der Waals surface area contributed by atoms with Gasteiger partial charge in [0.25, 0.3) is 0 Å². The van der Waals surface area contributed by atoms with Crippen molar-refractivity contribution in [1.29, 1.82) is 0 Å². The van der Waals surface area contributed by atoms with E-state index in [-0.39, 0.29) is 23.2 Å². The molecule has 2 aliphatic rings. The molecular weight excluding hydrogens is 680 g/mol. The van der Waals surface area contributed by atoms with Crippen molar-refractivity contribution >= 4 is 58.2 Å². The van der Waals surface area contributed by atoms with Crippen LogP contribution in [0.15, 0.2) is 61.2 Å². The minimum Gasteiger partial charge on any atom is -0.462 e. The van der Waals surface area contributed by atoms with Crippen LogP contribution in [0.5, 0.6) is 0 Å². The highest BCUT2D eigenvalue weighted by atomic mass is 35.5. The monoisotopic (exact) mass is 713 g/mol. The highest BCUT2D eigenvalue weighted by molar-refractivity contribution is 6.42. The average molecular weight is 716 g/mol. The van der Waals surface area contributed by atoms with Crippen LogP contribution in [0.25, 0.3) is 0 Å². The third-order valence-corrected chi connectivity index (χ3v) is 10.6. The van der Waals surface area contributed by atoms with Gasteiger partial charge in [0.2, 0.25) is 0 Å². The zero-order valence-electron chi connectivity index (χ0n) is 25.9. The minimum absolute atomic E-state index is 0.000324. The van der Waals surface area contributed by atoms with Gasteiger partial charge in [-0.15, -0.1) is 0 Å². The summed E-state index contributed by atoms with van der Waals surface area (Å²) in [6, 6.07) is 11.6. The predicted molar refractivity (Wildman–Crippen MR) is 185 cm³/mol. The third kappa shape index (κ3) is 8.12. The lowest BCUT2D eigenvalue weighted by atomic mass is 9.62. The van der Waals surface area contributed by atoms with Crippen LogP contribution in [0.3, 0.4) is 0 Å². The Bertz CT molecular complexity index is 1730. The summed E-state index contributed by atoms with van der Waals surface area (Å²) in [6.07, 6.45) is 14.2. The van der Waals surface area contributed by atoms with Crippen LogP contribution in [0.2, 0.25) is 20.1 Å². The van der Waals surface area contributed by atoms with Crippen LogP contribution >= 0.6 is 46.4 Å². The molecule has 2 N–H and O–H groups in total. The molecular formula is C35H35Cl4N5O3. The molecule has 6 rings (SSSR count). The Hall–Kier alpha value is -3.14. The van der Waals surface area contributed by atoms with Gasteiger partial charge in [0.05, 0.1) is 44.4 Å². The molecule has 0 spiro atoms. The van der Waals surface area contributed by atoms with E-state index >= 15 is 0 Å². The van der Waals surface area contributed by atoms with Gasteiger partial charge in [-0.3, -0.25) is 4.79 Å². The number of ether oxygens (including phenoxy) is 1. The number of carbonyl (C=O) groups excluding carboxylic acids is 2. The summed E-state index contributed by atoms with van der Waals surface area (Å²) >= 11 is 24.4. The third-order valence-electron chi connectivity index (χ3n) is 9.11. The van der Waals surface area contributed by atoms with Crippen LogP contribution in [-0.2, 0) is 28.4 Å².